The van der Waals surface area contributed by atoms with Crippen LogP contribution in [0.1, 0.15) is 0 Å². The number of rotatable bonds is 3. The van der Waals surface area contributed by atoms with Crippen LogP contribution in [-0.4, -0.2) is 40.5 Å². The molecule has 0 amide bonds. The Morgan fingerprint density at radius 3 is 2.47 bits per heavy atom. The predicted octanol–water partition coefficient (Wildman–Crippen LogP) is -0.873. The number of nitrogens with zero attached hydrogens (tertiary/aromatic N) is 2. The fourth-order valence-corrected chi connectivity index (χ4v) is 1.68. The number of sulfone groups is 1. The average Bonchev–Trinajstić information content (AvgIpc) is 2.15. The van der Waals surface area contributed by atoms with Gasteiger partial charge in [0.25, 0.3) is 5.16 Å². The molecule has 0 radical (unpaired) electrons. The molecule has 9 heteroatoms. The second-order valence-electron chi connectivity index (χ2n) is 2.54. The van der Waals surface area contributed by atoms with Gasteiger partial charge in [-0.1, -0.05) is 0 Å². The van der Waals surface area contributed by atoms with Gasteiger partial charge < -0.3 is 9.29 Å². The molecule has 1 heterocycles. The van der Waals surface area contributed by atoms with Gasteiger partial charge >= 0.3 is 0 Å². The second-order valence-corrected chi connectivity index (χ2v) is 5.34. The van der Waals surface area contributed by atoms with Gasteiger partial charge in [-0.25, -0.2) is 13.4 Å². The third kappa shape index (κ3) is 2.94. The van der Waals surface area contributed by atoms with E-state index in [2.05, 4.69) is 14.7 Å². The maximum absolute atomic E-state index is 11.1. The summed E-state index contributed by atoms with van der Waals surface area (Å²) in [6, 6.07) is 1.03. The Labute approximate surface area is 88.7 Å². The molecule has 0 spiro atoms. The lowest BCUT2D eigenvalue weighted by atomic mass is 10.6. The minimum Gasteiger partial charge on any atom is -0.767 e. The molecule has 0 N–H and O–H groups in total. The Morgan fingerprint density at radius 2 is 2.07 bits per heavy atom. The summed E-state index contributed by atoms with van der Waals surface area (Å²) in [5, 5.41) is -1.01. The average molecular weight is 251 g/mol. The van der Waals surface area contributed by atoms with Gasteiger partial charge in [-0.05, 0) is 11.1 Å². The SMILES string of the molecule is COc1cc(S(=O)[O-])nc(S(C)(=O)=O)n1. The summed E-state index contributed by atoms with van der Waals surface area (Å²) >= 11 is -2.63. The molecule has 0 saturated heterocycles. The van der Waals surface area contributed by atoms with Crippen LogP contribution < -0.4 is 4.74 Å². The molecule has 0 aliphatic carbocycles. The maximum Gasteiger partial charge on any atom is 0.251 e. The van der Waals surface area contributed by atoms with Gasteiger partial charge in [-0.2, -0.15) is 4.98 Å². The Kier molecular flexibility index (Phi) is 3.37. The van der Waals surface area contributed by atoms with Crippen LogP contribution >= 0.6 is 0 Å². The van der Waals surface area contributed by atoms with E-state index in [0.717, 1.165) is 12.3 Å². The highest BCUT2D eigenvalue weighted by atomic mass is 32.2. The Bertz CT molecular complexity index is 498. The Morgan fingerprint density at radius 1 is 1.47 bits per heavy atom. The molecule has 7 nitrogen and oxygen atoms in total. The molecule has 1 unspecified atom stereocenters. The third-order valence-electron chi connectivity index (χ3n) is 1.37. The summed E-state index contributed by atoms with van der Waals surface area (Å²) < 4.78 is 48.1. The van der Waals surface area contributed by atoms with Crippen molar-refractivity contribution < 1.29 is 21.9 Å². The third-order valence-corrected chi connectivity index (χ3v) is 2.77. The predicted molar refractivity (Wildman–Crippen MR) is 48.9 cm³/mol. The Balaban J connectivity index is 3.43. The summed E-state index contributed by atoms with van der Waals surface area (Å²) in [6.07, 6.45) is 0.874. The van der Waals surface area contributed by atoms with Crippen molar-refractivity contribution in [2.75, 3.05) is 13.4 Å². The van der Waals surface area contributed by atoms with Crippen LogP contribution in [0.15, 0.2) is 16.2 Å². The number of hydrogen-bond acceptors (Lipinski definition) is 7. The van der Waals surface area contributed by atoms with Crippen molar-refractivity contribution in [2.45, 2.75) is 10.2 Å². The van der Waals surface area contributed by atoms with Gasteiger partial charge in [-0.3, -0.25) is 4.21 Å². The molecule has 84 valence electrons. The highest BCUT2D eigenvalue weighted by Gasteiger charge is 2.14. The van der Waals surface area contributed by atoms with Crippen LogP contribution in [0.2, 0.25) is 0 Å². The number of methoxy groups -OCH3 is 1. The monoisotopic (exact) mass is 251 g/mol. The van der Waals surface area contributed by atoms with Gasteiger partial charge in [0.05, 0.1) is 7.11 Å². The number of aromatic nitrogens is 2. The molecule has 1 aromatic rings. The first-order valence-electron chi connectivity index (χ1n) is 3.57. The molecule has 0 fully saturated rings. The molecule has 0 aromatic carbocycles. The fourth-order valence-electron chi connectivity index (χ4n) is 0.739. The highest BCUT2D eigenvalue weighted by Crippen LogP contribution is 2.14. The minimum absolute atomic E-state index is 0.121. The first-order valence-corrected chi connectivity index (χ1v) is 6.53. The summed E-state index contributed by atoms with van der Waals surface area (Å²) in [4.78, 5) is 6.87. The lowest BCUT2D eigenvalue weighted by Gasteiger charge is -2.07. The standard InChI is InChI=1S/C6H8N2O5S2/c1-13-4-3-5(14(9)10)8-6(7-4)15(2,11)12/h3H,1-2H3,(H,9,10)/p-1. The van der Waals surface area contributed by atoms with Gasteiger partial charge in [0.1, 0.15) is 5.03 Å². The van der Waals surface area contributed by atoms with E-state index in [9.17, 15) is 17.2 Å². The largest absolute Gasteiger partial charge is 0.767 e. The molecule has 15 heavy (non-hydrogen) atoms. The lowest BCUT2D eigenvalue weighted by Crippen LogP contribution is -2.08. The van der Waals surface area contributed by atoms with Crippen LogP contribution in [0, 0.1) is 0 Å². The zero-order valence-electron chi connectivity index (χ0n) is 7.83. The van der Waals surface area contributed by atoms with Gasteiger partial charge in [0.2, 0.25) is 15.7 Å². The van der Waals surface area contributed by atoms with E-state index in [1.165, 1.54) is 7.11 Å². The van der Waals surface area contributed by atoms with E-state index >= 15 is 0 Å². The summed E-state index contributed by atoms with van der Waals surface area (Å²) in [6.45, 7) is 0. The molecular weight excluding hydrogens is 244 g/mol. The van der Waals surface area contributed by atoms with E-state index in [-0.39, 0.29) is 5.88 Å². The zero-order chi connectivity index (χ0) is 11.6. The van der Waals surface area contributed by atoms with Gasteiger partial charge in [-0.15, -0.1) is 0 Å². The van der Waals surface area contributed by atoms with Crippen molar-refractivity contribution in [2.24, 2.45) is 0 Å². The van der Waals surface area contributed by atoms with Crippen molar-refractivity contribution >= 4 is 20.9 Å². The minimum atomic E-state index is -3.67. The van der Waals surface area contributed by atoms with Crippen molar-refractivity contribution in [3.8, 4) is 5.88 Å². The fraction of sp³-hybridized carbons (Fsp3) is 0.333. The van der Waals surface area contributed by atoms with E-state index < -0.39 is 31.1 Å². The van der Waals surface area contributed by atoms with Crippen LogP contribution in [0.25, 0.3) is 0 Å². The molecule has 0 aliphatic rings. The molecule has 1 atom stereocenters. The first-order chi connectivity index (χ1) is 6.84. The van der Waals surface area contributed by atoms with Crippen LogP contribution in [0.3, 0.4) is 0 Å². The van der Waals surface area contributed by atoms with E-state index in [1.54, 1.807) is 0 Å². The normalized spacial score (nSPS) is 13.5. The van der Waals surface area contributed by atoms with Crippen LogP contribution in [0.5, 0.6) is 5.88 Å². The maximum atomic E-state index is 11.1. The van der Waals surface area contributed by atoms with Gasteiger partial charge in [0.15, 0.2) is 0 Å². The van der Waals surface area contributed by atoms with E-state index in [4.69, 9.17) is 0 Å². The first kappa shape index (κ1) is 12.0. The van der Waals surface area contributed by atoms with Crippen LogP contribution in [-0.2, 0) is 20.9 Å². The van der Waals surface area contributed by atoms with E-state index in [1.807, 2.05) is 0 Å². The molecule has 0 saturated carbocycles. The smallest absolute Gasteiger partial charge is 0.251 e. The van der Waals surface area contributed by atoms with Crippen molar-refractivity contribution in [3.05, 3.63) is 6.07 Å². The topological polar surface area (TPSA) is 109 Å². The molecule has 1 aromatic heterocycles. The van der Waals surface area contributed by atoms with Crippen LogP contribution in [0.4, 0.5) is 0 Å². The molecular formula is C6H7N2O5S2-. The zero-order valence-corrected chi connectivity index (χ0v) is 9.46. The summed E-state index contributed by atoms with van der Waals surface area (Å²) in [5.74, 6) is -0.121. The van der Waals surface area contributed by atoms with Crippen molar-refractivity contribution in [1.29, 1.82) is 0 Å². The Hall–Kier alpha value is -1.06. The van der Waals surface area contributed by atoms with E-state index in [0.29, 0.717) is 0 Å². The van der Waals surface area contributed by atoms with Crippen molar-refractivity contribution in [1.82, 2.24) is 9.97 Å². The summed E-state index contributed by atoms with van der Waals surface area (Å²) in [5.41, 5.74) is 0. The quantitative estimate of drug-likeness (QED) is 0.390. The van der Waals surface area contributed by atoms with Crippen molar-refractivity contribution in [3.63, 3.8) is 0 Å². The lowest BCUT2D eigenvalue weighted by molar-refractivity contribution is 0.387. The number of ether oxygens (including phenoxy) is 1. The molecule has 0 aliphatic heterocycles. The molecule has 1 rings (SSSR count). The summed E-state index contributed by atoms with van der Waals surface area (Å²) in [7, 11) is -2.43. The molecule has 0 bridgehead atoms. The highest BCUT2D eigenvalue weighted by molar-refractivity contribution is 7.90. The van der Waals surface area contributed by atoms with Gasteiger partial charge in [0, 0.05) is 12.3 Å². The second kappa shape index (κ2) is 4.21. The number of hydrogen-bond donors (Lipinski definition) is 0.